The fourth-order valence-electron chi connectivity index (χ4n) is 2.45. The molecule has 1 aliphatic heterocycles. The molecule has 1 aromatic rings. The molecule has 1 aliphatic rings. The van der Waals surface area contributed by atoms with E-state index in [1.807, 2.05) is 29.2 Å². The molecule has 2 rings (SSSR count). The molecule has 1 atom stereocenters. The molecule has 0 saturated carbocycles. The number of carbonyl (C=O) groups is 1. The number of piperidine rings is 1. The lowest BCUT2D eigenvalue weighted by Crippen LogP contribution is -2.41. The predicted molar refractivity (Wildman–Crippen MR) is 79.8 cm³/mol. The van der Waals surface area contributed by atoms with Gasteiger partial charge in [-0.1, -0.05) is 28.1 Å². The third-order valence-corrected chi connectivity index (χ3v) is 4.52. The quantitative estimate of drug-likeness (QED) is 0.797. The van der Waals surface area contributed by atoms with Gasteiger partial charge in [-0.3, -0.25) is 4.79 Å². The molecule has 1 heterocycles. The second-order valence-corrected chi connectivity index (χ2v) is 5.67. The summed E-state index contributed by atoms with van der Waals surface area (Å²) in [7, 11) is 1.65. The Hall–Kier alpha value is -1.03. The monoisotopic (exact) mass is 325 g/mol. The topological polar surface area (TPSA) is 29.5 Å². The van der Waals surface area contributed by atoms with E-state index in [0.717, 1.165) is 36.2 Å². The van der Waals surface area contributed by atoms with Gasteiger partial charge < -0.3 is 9.64 Å². The van der Waals surface area contributed by atoms with Crippen LogP contribution < -0.4 is 4.74 Å². The maximum absolute atomic E-state index is 12.3. The van der Waals surface area contributed by atoms with Crippen molar-refractivity contribution in [2.45, 2.75) is 19.3 Å². The van der Waals surface area contributed by atoms with Gasteiger partial charge in [0.2, 0.25) is 5.91 Å². The molecule has 0 spiro atoms. The second-order valence-electron chi connectivity index (χ2n) is 5.03. The molecule has 104 valence electrons. The number of ether oxygens (including phenoxy) is 1. The van der Waals surface area contributed by atoms with Crippen molar-refractivity contribution in [1.82, 2.24) is 4.90 Å². The third kappa shape index (κ3) is 3.96. The van der Waals surface area contributed by atoms with E-state index in [4.69, 9.17) is 4.74 Å². The van der Waals surface area contributed by atoms with Crippen molar-refractivity contribution in [3.63, 3.8) is 0 Å². The molecule has 0 N–H and O–H groups in total. The van der Waals surface area contributed by atoms with Crippen LogP contribution in [-0.4, -0.2) is 36.3 Å². The van der Waals surface area contributed by atoms with Crippen molar-refractivity contribution in [3.8, 4) is 5.75 Å². The van der Waals surface area contributed by atoms with Crippen LogP contribution in [-0.2, 0) is 11.2 Å². The van der Waals surface area contributed by atoms with Gasteiger partial charge in [-0.25, -0.2) is 0 Å². The summed E-state index contributed by atoms with van der Waals surface area (Å²) in [6.07, 6.45) is 2.82. The Morgan fingerprint density at radius 2 is 2.16 bits per heavy atom. The largest absolute Gasteiger partial charge is 0.497 e. The summed E-state index contributed by atoms with van der Waals surface area (Å²) in [5.41, 5.74) is 1.05. The maximum Gasteiger partial charge on any atom is 0.226 e. The van der Waals surface area contributed by atoms with Crippen molar-refractivity contribution in [1.29, 1.82) is 0 Å². The summed E-state index contributed by atoms with van der Waals surface area (Å²) < 4.78 is 5.12. The molecule has 1 amide bonds. The van der Waals surface area contributed by atoms with Crippen molar-refractivity contribution in [3.05, 3.63) is 29.8 Å². The number of alkyl halides is 1. The molecule has 4 heteroatoms. The number of amides is 1. The van der Waals surface area contributed by atoms with E-state index in [0.29, 0.717) is 12.3 Å². The van der Waals surface area contributed by atoms with Crippen molar-refractivity contribution in [2.75, 3.05) is 25.5 Å². The SMILES string of the molecule is COc1ccc(CC(=O)N2CCCC(CBr)C2)cc1. The molecule has 1 saturated heterocycles. The zero-order valence-electron chi connectivity index (χ0n) is 11.3. The fraction of sp³-hybridized carbons (Fsp3) is 0.533. The summed E-state index contributed by atoms with van der Waals surface area (Å²) in [4.78, 5) is 14.3. The van der Waals surface area contributed by atoms with E-state index < -0.39 is 0 Å². The second kappa shape index (κ2) is 6.94. The van der Waals surface area contributed by atoms with E-state index >= 15 is 0 Å². The lowest BCUT2D eigenvalue weighted by Gasteiger charge is -2.32. The van der Waals surface area contributed by atoms with Gasteiger partial charge >= 0.3 is 0 Å². The number of carbonyl (C=O) groups excluding carboxylic acids is 1. The Kier molecular flexibility index (Phi) is 5.25. The van der Waals surface area contributed by atoms with Gasteiger partial charge in [0.1, 0.15) is 5.75 Å². The summed E-state index contributed by atoms with van der Waals surface area (Å²) >= 11 is 3.52. The van der Waals surface area contributed by atoms with E-state index in [9.17, 15) is 4.79 Å². The fourth-order valence-corrected chi connectivity index (χ4v) is 2.98. The maximum atomic E-state index is 12.3. The van der Waals surface area contributed by atoms with Crippen LogP contribution in [0, 0.1) is 5.92 Å². The van der Waals surface area contributed by atoms with Gasteiger partial charge in [0.15, 0.2) is 0 Å². The zero-order valence-corrected chi connectivity index (χ0v) is 12.9. The van der Waals surface area contributed by atoms with Crippen LogP contribution in [0.15, 0.2) is 24.3 Å². The number of likely N-dealkylation sites (tertiary alicyclic amines) is 1. The van der Waals surface area contributed by atoms with Crippen molar-refractivity contribution < 1.29 is 9.53 Å². The number of benzene rings is 1. The summed E-state index contributed by atoms with van der Waals surface area (Å²) in [5, 5.41) is 0.985. The highest BCUT2D eigenvalue weighted by atomic mass is 79.9. The van der Waals surface area contributed by atoms with Crippen LogP contribution in [0.1, 0.15) is 18.4 Å². The number of rotatable bonds is 4. The molecule has 0 aromatic heterocycles. The van der Waals surface area contributed by atoms with Gasteiger partial charge in [-0.05, 0) is 36.5 Å². The first-order valence-electron chi connectivity index (χ1n) is 6.69. The van der Waals surface area contributed by atoms with Crippen LogP contribution in [0.2, 0.25) is 0 Å². The number of hydrogen-bond donors (Lipinski definition) is 0. The average molecular weight is 326 g/mol. The Bertz CT molecular complexity index is 419. The molecule has 0 radical (unpaired) electrons. The van der Waals surface area contributed by atoms with Crippen molar-refractivity contribution >= 4 is 21.8 Å². The smallest absolute Gasteiger partial charge is 0.226 e. The highest BCUT2D eigenvalue weighted by Crippen LogP contribution is 2.19. The first-order chi connectivity index (χ1) is 9.22. The molecular formula is C15H20BrNO2. The normalized spacial score (nSPS) is 19.3. The van der Waals surface area contributed by atoms with Crippen LogP contribution in [0.5, 0.6) is 5.75 Å². The first-order valence-corrected chi connectivity index (χ1v) is 7.81. The molecule has 19 heavy (non-hydrogen) atoms. The zero-order chi connectivity index (χ0) is 13.7. The minimum absolute atomic E-state index is 0.232. The first kappa shape index (κ1) is 14.4. The Balaban J connectivity index is 1.92. The van der Waals surface area contributed by atoms with Gasteiger partial charge in [-0.15, -0.1) is 0 Å². The highest BCUT2D eigenvalue weighted by molar-refractivity contribution is 9.09. The van der Waals surface area contributed by atoms with Gasteiger partial charge in [0.25, 0.3) is 0 Å². The van der Waals surface area contributed by atoms with Crippen LogP contribution in [0.3, 0.4) is 0 Å². The number of nitrogens with zero attached hydrogens (tertiary/aromatic N) is 1. The molecule has 1 unspecified atom stereocenters. The number of methoxy groups -OCH3 is 1. The summed E-state index contributed by atoms with van der Waals surface area (Å²) in [6.45, 7) is 1.79. The minimum Gasteiger partial charge on any atom is -0.497 e. The van der Waals surface area contributed by atoms with E-state index in [1.165, 1.54) is 6.42 Å². The molecule has 1 aromatic carbocycles. The summed E-state index contributed by atoms with van der Waals surface area (Å²) in [5.74, 6) is 1.66. The highest BCUT2D eigenvalue weighted by Gasteiger charge is 2.22. The number of halogens is 1. The molecule has 0 bridgehead atoms. The lowest BCUT2D eigenvalue weighted by atomic mass is 9.99. The minimum atomic E-state index is 0.232. The van der Waals surface area contributed by atoms with Crippen LogP contribution in [0.25, 0.3) is 0 Å². The lowest BCUT2D eigenvalue weighted by molar-refractivity contribution is -0.132. The number of hydrogen-bond acceptors (Lipinski definition) is 2. The Morgan fingerprint density at radius 3 is 2.79 bits per heavy atom. The molecular weight excluding hydrogens is 306 g/mol. The van der Waals surface area contributed by atoms with Gasteiger partial charge in [-0.2, -0.15) is 0 Å². The Labute approximate surface area is 123 Å². The van der Waals surface area contributed by atoms with Crippen molar-refractivity contribution in [2.24, 2.45) is 5.92 Å². The summed E-state index contributed by atoms with van der Waals surface area (Å²) in [6, 6.07) is 7.73. The third-order valence-electron chi connectivity index (χ3n) is 3.60. The van der Waals surface area contributed by atoms with Crippen LogP contribution in [0.4, 0.5) is 0 Å². The molecule has 0 aliphatic carbocycles. The predicted octanol–water partition coefficient (Wildman–Crippen LogP) is 2.87. The standard InChI is InChI=1S/C15H20BrNO2/c1-19-14-6-4-12(5-7-14)9-15(18)17-8-2-3-13(10-16)11-17/h4-7,13H,2-3,8-11H2,1H3. The van der Waals surface area contributed by atoms with E-state index in [1.54, 1.807) is 7.11 Å². The van der Waals surface area contributed by atoms with Gasteiger partial charge in [0.05, 0.1) is 13.5 Å². The average Bonchev–Trinajstić information content (AvgIpc) is 2.48. The van der Waals surface area contributed by atoms with Gasteiger partial charge in [0, 0.05) is 18.4 Å². The van der Waals surface area contributed by atoms with E-state index in [-0.39, 0.29) is 5.91 Å². The van der Waals surface area contributed by atoms with Crippen LogP contribution >= 0.6 is 15.9 Å². The Morgan fingerprint density at radius 1 is 1.42 bits per heavy atom. The van der Waals surface area contributed by atoms with E-state index in [2.05, 4.69) is 15.9 Å². The molecule has 1 fully saturated rings. The molecule has 3 nitrogen and oxygen atoms in total.